The van der Waals surface area contributed by atoms with Gasteiger partial charge in [-0.1, -0.05) is 51.1 Å². The van der Waals surface area contributed by atoms with Crippen molar-refractivity contribution in [1.82, 2.24) is 10.0 Å². The van der Waals surface area contributed by atoms with Gasteiger partial charge in [-0.25, -0.2) is 8.42 Å². The second-order valence-corrected chi connectivity index (χ2v) is 10.5. The van der Waals surface area contributed by atoms with Crippen LogP contribution in [0.25, 0.3) is 0 Å². The van der Waals surface area contributed by atoms with E-state index in [1.165, 1.54) is 0 Å². The van der Waals surface area contributed by atoms with Crippen molar-refractivity contribution in [3.8, 4) is 0 Å². The van der Waals surface area contributed by atoms with E-state index in [0.717, 1.165) is 10.5 Å². The maximum absolute atomic E-state index is 12.5. The third kappa shape index (κ3) is 6.65. The van der Waals surface area contributed by atoms with Gasteiger partial charge in [-0.2, -0.15) is 4.72 Å². The SMILES string of the molecule is C[C@H](NS(=O)(=O)c1ccc(C(C)(C)C)cc1)C(=O)NCCSc1ccccc1. The molecule has 7 heteroatoms. The van der Waals surface area contributed by atoms with Gasteiger partial charge in [0.1, 0.15) is 0 Å². The standard InChI is InChI=1S/C21H28N2O3S2/c1-16(20(24)22-14-15-27-18-8-6-5-7-9-18)23-28(25,26)19-12-10-17(11-13-19)21(2,3)4/h5-13,16,23H,14-15H2,1-4H3,(H,22,24)/t16-/m0/s1. The number of hydrogen-bond donors (Lipinski definition) is 2. The molecule has 0 bridgehead atoms. The van der Waals surface area contributed by atoms with Crippen molar-refractivity contribution in [1.29, 1.82) is 0 Å². The summed E-state index contributed by atoms with van der Waals surface area (Å²) in [6.07, 6.45) is 0. The van der Waals surface area contributed by atoms with Crippen molar-refractivity contribution in [3.05, 3.63) is 60.2 Å². The minimum atomic E-state index is -3.76. The van der Waals surface area contributed by atoms with Crippen LogP contribution in [0.15, 0.2) is 64.4 Å². The molecule has 0 unspecified atom stereocenters. The maximum atomic E-state index is 12.5. The lowest BCUT2D eigenvalue weighted by atomic mass is 9.87. The quantitative estimate of drug-likeness (QED) is 0.506. The number of rotatable bonds is 8. The van der Waals surface area contributed by atoms with Crippen molar-refractivity contribution in [2.45, 2.75) is 48.9 Å². The van der Waals surface area contributed by atoms with E-state index >= 15 is 0 Å². The minimum absolute atomic E-state index is 0.0549. The first-order valence-electron chi connectivity index (χ1n) is 9.18. The maximum Gasteiger partial charge on any atom is 0.241 e. The Bertz CT molecular complexity index is 874. The molecule has 152 valence electrons. The summed E-state index contributed by atoms with van der Waals surface area (Å²) in [5, 5.41) is 2.77. The van der Waals surface area contributed by atoms with Gasteiger partial charge in [-0.3, -0.25) is 4.79 Å². The van der Waals surface area contributed by atoms with Gasteiger partial charge in [-0.05, 0) is 42.2 Å². The number of benzene rings is 2. The van der Waals surface area contributed by atoms with E-state index in [2.05, 4.69) is 30.8 Å². The number of thioether (sulfide) groups is 1. The van der Waals surface area contributed by atoms with Gasteiger partial charge >= 0.3 is 0 Å². The summed E-state index contributed by atoms with van der Waals surface area (Å²) in [6, 6.07) is 15.8. The summed E-state index contributed by atoms with van der Waals surface area (Å²) < 4.78 is 27.5. The third-order valence-electron chi connectivity index (χ3n) is 4.17. The van der Waals surface area contributed by atoms with Crippen molar-refractivity contribution in [2.75, 3.05) is 12.3 Å². The lowest BCUT2D eigenvalue weighted by Crippen LogP contribution is -2.45. The molecule has 0 fully saturated rings. The monoisotopic (exact) mass is 420 g/mol. The number of sulfonamides is 1. The lowest BCUT2D eigenvalue weighted by Gasteiger charge is -2.19. The largest absolute Gasteiger partial charge is 0.354 e. The Balaban J connectivity index is 1.86. The second kappa shape index (κ2) is 9.58. The molecular formula is C21H28N2O3S2. The topological polar surface area (TPSA) is 75.3 Å². The molecule has 0 saturated carbocycles. The zero-order valence-corrected chi connectivity index (χ0v) is 18.4. The Hall–Kier alpha value is -1.83. The van der Waals surface area contributed by atoms with Gasteiger partial charge in [0.05, 0.1) is 10.9 Å². The van der Waals surface area contributed by atoms with E-state index in [4.69, 9.17) is 0 Å². The molecule has 0 radical (unpaired) electrons. The van der Waals surface area contributed by atoms with Crippen LogP contribution in [0.4, 0.5) is 0 Å². The fourth-order valence-corrected chi connectivity index (χ4v) is 4.49. The molecule has 0 aliphatic heterocycles. The summed E-state index contributed by atoms with van der Waals surface area (Å²) in [5.41, 5.74) is 0.994. The molecule has 5 nitrogen and oxygen atoms in total. The third-order valence-corrected chi connectivity index (χ3v) is 6.74. The van der Waals surface area contributed by atoms with Crippen LogP contribution < -0.4 is 10.0 Å². The van der Waals surface area contributed by atoms with Crippen LogP contribution in [0.1, 0.15) is 33.3 Å². The molecule has 0 spiro atoms. The molecule has 1 amide bonds. The van der Waals surface area contributed by atoms with Gasteiger partial charge in [0.2, 0.25) is 15.9 Å². The molecule has 2 N–H and O–H groups in total. The lowest BCUT2D eigenvalue weighted by molar-refractivity contribution is -0.122. The number of hydrogen-bond acceptors (Lipinski definition) is 4. The van der Waals surface area contributed by atoms with E-state index in [1.807, 2.05) is 30.3 Å². The number of carbonyl (C=O) groups excluding carboxylic acids is 1. The van der Waals surface area contributed by atoms with Crippen molar-refractivity contribution >= 4 is 27.7 Å². The normalized spacial score (nSPS) is 13.1. The molecule has 0 aromatic heterocycles. The molecule has 1 atom stereocenters. The number of nitrogens with one attached hydrogen (secondary N) is 2. The Kier molecular flexibility index (Phi) is 7.69. The van der Waals surface area contributed by atoms with Crippen LogP contribution in [0.2, 0.25) is 0 Å². The first-order chi connectivity index (χ1) is 13.1. The van der Waals surface area contributed by atoms with Gasteiger partial charge in [0, 0.05) is 17.2 Å². The average molecular weight is 421 g/mol. The van der Waals surface area contributed by atoms with E-state index in [0.29, 0.717) is 12.3 Å². The van der Waals surface area contributed by atoms with Crippen LogP contribution in [-0.2, 0) is 20.2 Å². The zero-order chi connectivity index (χ0) is 20.8. The van der Waals surface area contributed by atoms with Gasteiger partial charge in [0.25, 0.3) is 0 Å². The molecule has 2 aromatic carbocycles. The van der Waals surface area contributed by atoms with Crippen LogP contribution in [0, 0.1) is 0 Å². The Labute approximate surface area is 172 Å². The minimum Gasteiger partial charge on any atom is -0.354 e. The molecule has 2 rings (SSSR count). The summed E-state index contributed by atoms with van der Waals surface area (Å²) in [6.45, 7) is 8.21. The highest BCUT2D eigenvalue weighted by Gasteiger charge is 2.22. The van der Waals surface area contributed by atoms with Crippen LogP contribution >= 0.6 is 11.8 Å². The summed E-state index contributed by atoms with van der Waals surface area (Å²) in [7, 11) is -3.76. The predicted octanol–water partition coefficient (Wildman–Crippen LogP) is 3.56. The molecule has 0 heterocycles. The van der Waals surface area contributed by atoms with Crippen molar-refractivity contribution in [2.24, 2.45) is 0 Å². The van der Waals surface area contributed by atoms with Crippen molar-refractivity contribution in [3.63, 3.8) is 0 Å². The molecule has 0 saturated heterocycles. The Morgan fingerprint density at radius 2 is 1.64 bits per heavy atom. The van der Waals surface area contributed by atoms with Crippen LogP contribution in [0.5, 0.6) is 0 Å². The smallest absolute Gasteiger partial charge is 0.241 e. The number of carbonyl (C=O) groups is 1. The molecule has 2 aromatic rings. The van der Waals surface area contributed by atoms with E-state index in [9.17, 15) is 13.2 Å². The fraction of sp³-hybridized carbons (Fsp3) is 0.381. The average Bonchev–Trinajstić information content (AvgIpc) is 2.65. The van der Waals surface area contributed by atoms with E-state index < -0.39 is 16.1 Å². The highest BCUT2D eigenvalue weighted by molar-refractivity contribution is 7.99. The van der Waals surface area contributed by atoms with E-state index in [-0.39, 0.29) is 16.2 Å². The summed E-state index contributed by atoms with van der Waals surface area (Å²) in [4.78, 5) is 13.5. The molecule has 0 aliphatic carbocycles. The molecular weight excluding hydrogens is 392 g/mol. The highest BCUT2D eigenvalue weighted by atomic mass is 32.2. The Morgan fingerprint density at radius 3 is 2.21 bits per heavy atom. The highest BCUT2D eigenvalue weighted by Crippen LogP contribution is 2.23. The van der Waals surface area contributed by atoms with Crippen molar-refractivity contribution < 1.29 is 13.2 Å². The first kappa shape index (κ1) is 22.5. The number of amides is 1. The summed E-state index contributed by atoms with van der Waals surface area (Å²) in [5.74, 6) is 0.368. The van der Waals surface area contributed by atoms with Gasteiger partial charge in [0.15, 0.2) is 0 Å². The first-order valence-corrected chi connectivity index (χ1v) is 11.6. The zero-order valence-electron chi connectivity index (χ0n) is 16.7. The fourth-order valence-electron chi connectivity index (χ4n) is 2.50. The molecule has 28 heavy (non-hydrogen) atoms. The molecule has 0 aliphatic rings. The van der Waals surface area contributed by atoms with Crippen LogP contribution in [-0.4, -0.2) is 32.7 Å². The van der Waals surface area contributed by atoms with E-state index in [1.54, 1.807) is 43.0 Å². The Morgan fingerprint density at radius 1 is 1.04 bits per heavy atom. The van der Waals surface area contributed by atoms with Gasteiger partial charge in [-0.15, -0.1) is 11.8 Å². The predicted molar refractivity (Wildman–Crippen MR) is 115 cm³/mol. The van der Waals surface area contributed by atoms with Crippen LogP contribution in [0.3, 0.4) is 0 Å². The summed E-state index contributed by atoms with van der Waals surface area (Å²) >= 11 is 1.63. The second-order valence-electron chi connectivity index (χ2n) is 7.57. The van der Waals surface area contributed by atoms with Gasteiger partial charge < -0.3 is 5.32 Å².